The van der Waals surface area contributed by atoms with E-state index in [9.17, 15) is 0 Å². The van der Waals surface area contributed by atoms with Crippen LogP contribution in [0, 0.1) is 0 Å². The molecule has 0 fully saturated rings. The van der Waals surface area contributed by atoms with Gasteiger partial charge in [0.05, 0.1) is 11.4 Å². The zero-order chi connectivity index (χ0) is 37.9. The van der Waals surface area contributed by atoms with Gasteiger partial charge in [-0.1, -0.05) is 164 Å². The van der Waals surface area contributed by atoms with Gasteiger partial charge in [0.15, 0.2) is 5.82 Å². The molecule has 10 aromatic rings. The van der Waals surface area contributed by atoms with E-state index in [0.29, 0.717) is 5.82 Å². The Morgan fingerprint density at radius 2 is 1.00 bits per heavy atom. The number of fused-ring (bicyclic) bond motifs is 6. The summed E-state index contributed by atoms with van der Waals surface area (Å²) >= 11 is 0. The summed E-state index contributed by atoms with van der Waals surface area (Å²) in [5.41, 5.74) is 17.6. The smallest absolute Gasteiger partial charge is 0.160 e. The highest BCUT2D eigenvalue weighted by Gasteiger charge is 2.42. The van der Waals surface area contributed by atoms with Crippen LogP contribution in [0.2, 0.25) is 0 Å². The van der Waals surface area contributed by atoms with Gasteiger partial charge >= 0.3 is 0 Å². The molecule has 2 aromatic heterocycles. The van der Waals surface area contributed by atoms with E-state index < -0.39 is 0 Å². The van der Waals surface area contributed by atoms with Crippen LogP contribution in [0.3, 0.4) is 0 Å². The quantitative estimate of drug-likeness (QED) is 0.171. The fourth-order valence-corrected chi connectivity index (χ4v) is 8.88. The summed E-state index contributed by atoms with van der Waals surface area (Å²) in [6.07, 6.45) is 0. The van der Waals surface area contributed by atoms with E-state index in [4.69, 9.17) is 14.4 Å². The Morgan fingerprint density at radius 3 is 1.77 bits per heavy atom. The van der Waals surface area contributed by atoms with Crippen molar-refractivity contribution in [2.24, 2.45) is 0 Å². The van der Waals surface area contributed by atoms with Crippen LogP contribution >= 0.6 is 0 Å². The van der Waals surface area contributed by atoms with Crippen LogP contribution in [-0.2, 0) is 5.41 Å². The summed E-state index contributed by atoms with van der Waals surface area (Å²) in [5, 5.41) is 2.17. The topological polar surface area (TPSA) is 38.9 Å². The molecule has 0 aliphatic heterocycles. The van der Waals surface area contributed by atoms with E-state index in [1.165, 1.54) is 44.5 Å². The molecule has 3 heteroatoms. The number of hydrogen-bond donors (Lipinski definition) is 0. The van der Waals surface area contributed by atoms with Crippen LogP contribution in [0.25, 0.3) is 89.2 Å². The van der Waals surface area contributed by atoms with Gasteiger partial charge in [0.2, 0.25) is 0 Å². The first-order valence-electron chi connectivity index (χ1n) is 19.5. The van der Waals surface area contributed by atoms with E-state index in [1.54, 1.807) is 0 Å². The van der Waals surface area contributed by atoms with Gasteiger partial charge in [-0.3, -0.25) is 0 Å². The van der Waals surface area contributed by atoms with Gasteiger partial charge < -0.3 is 4.42 Å². The Kier molecular flexibility index (Phi) is 7.61. The van der Waals surface area contributed by atoms with E-state index in [1.807, 2.05) is 36.4 Å². The average Bonchev–Trinajstić information content (AvgIpc) is 3.79. The Balaban J connectivity index is 1.01. The molecule has 1 unspecified atom stereocenters. The standard InChI is InChI=1S/C54H36N2O/c1-54(41-18-9-4-10-19-41)46-22-13-21-42(36-14-5-2-6-15-36)52(46)44-30-28-39(33-47(44)54)35-24-26-37(27-25-35)48-34-49(56-53(55-48)38-16-7-3-8-17-38)40-29-31-51-45(32-40)43-20-11-12-23-50(43)57-51/h2-34H,1H3. The third-order valence-corrected chi connectivity index (χ3v) is 11.8. The predicted octanol–water partition coefficient (Wildman–Crippen LogP) is 14.0. The van der Waals surface area contributed by atoms with Crippen molar-refractivity contribution in [1.29, 1.82) is 0 Å². The second-order valence-corrected chi connectivity index (χ2v) is 15.1. The molecule has 0 N–H and O–H groups in total. The van der Waals surface area contributed by atoms with Gasteiger partial charge in [-0.05, 0) is 93.4 Å². The molecule has 1 atom stereocenters. The second kappa shape index (κ2) is 13.1. The van der Waals surface area contributed by atoms with Crippen molar-refractivity contribution >= 4 is 21.9 Å². The highest BCUT2D eigenvalue weighted by Crippen LogP contribution is 2.55. The molecule has 8 aromatic carbocycles. The molecule has 57 heavy (non-hydrogen) atoms. The summed E-state index contributed by atoms with van der Waals surface area (Å²) in [7, 11) is 0. The minimum absolute atomic E-state index is 0.316. The first-order chi connectivity index (χ1) is 28.1. The van der Waals surface area contributed by atoms with Crippen molar-refractivity contribution in [3.63, 3.8) is 0 Å². The van der Waals surface area contributed by atoms with E-state index in [0.717, 1.165) is 55.6 Å². The Morgan fingerprint density at radius 1 is 0.386 bits per heavy atom. The molecule has 1 aliphatic carbocycles. The summed E-state index contributed by atoms with van der Waals surface area (Å²) in [5.74, 6) is 0.692. The van der Waals surface area contributed by atoms with Crippen molar-refractivity contribution in [3.8, 4) is 67.3 Å². The number of hydrogen-bond acceptors (Lipinski definition) is 3. The van der Waals surface area contributed by atoms with Gasteiger partial charge in [-0.15, -0.1) is 0 Å². The van der Waals surface area contributed by atoms with Gasteiger partial charge in [-0.25, -0.2) is 9.97 Å². The zero-order valence-corrected chi connectivity index (χ0v) is 31.4. The summed E-state index contributed by atoms with van der Waals surface area (Å²) in [6.45, 7) is 2.39. The molecule has 1 aliphatic rings. The van der Waals surface area contributed by atoms with Crippen LogP contribution in [0.4, 0.5) is 0 Å². The van der Waals surface area contributed by atoms with Gasteiger partial charge in [0, 0.05) is 32.9 Å². The molecule has 2 heterocycles. The van der Waals surface area contributed by atoms with Gasteiger partial charge in [0.25, 0.3) is 0 Å². The number of benzene rings is 8. The van der Waals surface area contributed by atoms with Crippen LogP contribution in [0.15, 0.2) is 205 Å². The summed E-state index contributed by atoms with van der Waals surface area (Å²) in [4.78, 5) is 10.2. The second-order valence-electron chi connectivity index (χ2n) is 15.1. The van der Waals surface area contributed by atoms with Crippen LogP contribution in [-0.4, -0.2) is 9.97 Å². The van der Waals surface area contributed by atoms with Crippen molar-refractivity contribution in [2.45, 2.75) is 12.3 Å². The van der Waals surface area contributed by atoms with Crippen LogP contribution < -0.4 is 0 Å². The normalized spacial score (nSPS) is 14.5. The maximum absolute atomic E-state index is 6.14. The predicted molar refractivity (Wildman–Crippen MR) is 234 cm³/mol. The van der Waals surface area contributed by atoms with Gasteiger partial charge in [-0.2, -0.15) is 0 Å². The summed E-state index contributed by atoms with van der Waals surface area (Å²) < 4.78 is 6.14. The highest BCUT2D eigenvalue weighted by molar-refractivity contribution is 6.06. The molecular formula is C54H36N2O. The largest absolute Gasteiger partial charge is 0.456 e. The SMILES string of the molecule is CC1(c2ccccc2)c2cc(-c3ccc(-c4cc(-c5ccc6oc7ccccc7c6c5)nc(-c5ccccc5)n4)cc3)ccc2-c2c(-c3ccccc3)cccc21. The summed E-state index contributed by atoms with van der Waals surface area (Å²) in [6, 6.07) is 71.2. The number of nitrogens with zero attached hydrogens (tertiary/aromatic N) is 2. The number of furan rings is 1. The maximum Gasteiger partial charge on any atom is 0.160 e. The third kappa shape index (κ3) is 5.43. The Bertz CT molecular complexity index is 3110. The van der Waals surface area contributed by atoms with E-state index in [2.05, 4.69) is 171 Å². The first kappa shape index (κ1) is 33.0. The lowest BCUT2D eigenvalue weighted by atomic mass is 9.73. The zero-order valence-electron chi connectivity index (χ0n) is 31.4. The molecule has 0 saturated heterocycles. The third-order valence-electron chi connectivity index (χ3n) is 11.8. The molecule has 268 valence electrons. The Labute approximate surface area is 331 Å². The minimum Gasteiger partial charge on any atom is -0.456 e. The number of aromatic nitrogens is 2. The first-order valence-corrected chi connectivity index (χ1v) is 19.5. The molecule has 3 nitrogen and oxygen atoms in total. The number of rotatable bonds is 6. The molecule has 0 saturated carbocycles. The lowest BCUT2D eigenvalue weighted by Crippen LogP contribution is -2.22. The Hall–Kier alpha value is -7.36. The number of para-hydroxylation sites is 1. The van der Waals surface area contributed by atoms with E-state index >= 15 is 0 Å². The average molecular weight is 729 g/mol. The lowest BCUT2D eigenvalue weighted by Gasteiger charge is -2.29. The lowest BCUT2D eigenvalue weighted by molar-refractivity contribution is 0.669. The maximum atomic E-state index is 6.14. The van der Waals surface area contributed by atoms with Crippen LogP contribution in [0.1, 0.15) is 23.6 Å². The van der Waals surface area contributed by atoms with Gasteiger partial charge in [0.1, 0.15) is 11.2 Å². The monoisotopic (exact) mass is 728 g/mol. The fraction of sp³-hybridized carbons (Fsp3) is 0.0370. The molecule has 0 spiro atoms. The van der Waals surface area contributed by atoms with E-state index in [-0.39, 0.29) is 5.41 Å². The minimum atomic E-state index is -0.316. The molecular weight excluding hydrogens is 693 g/mol. The fourth-order valence-electron chi connectivity index (χ4n) is 8.88. The van der Waals surface area contributed by atoms with Crippen molar-refractivity contribution in [1.82, 2.24) is 9.97 Å². The molecule has 0 radical (unpaired) electrons. The van der Waals surface area contributed by atoms with Crippen molar-refractivity contribution in [2.75, 3.05) is 0 Å². The molecule has 0 bridgehead atoms. The van der Waals surface area contributed by atoms with Crippen LogP contribution in [0.5, 0.6) is 0 Å². The molecule has 0 amide bonds. The van der Waals surface area contributed by atoms with Crippen molar-refractivity contribution in [3.05, 3.63) is 217 Å². The molecule has 11 rings (SSSR count). The van der Waals surface area contributed by atoms with Crippen molar-refractivity contribution < 1.29 is 4.42 Å². The highest BCUT2D eigenvalue weighted by atomic mass is 16.3.